The Labute approximate surface area is 210 Å². The highest BCUT2D eigenvalue weighted by Crippen LogP contribution is 2.69. The number of hydrogen-bond donors (Lipinski definition) is 5. The zero-order valence-electron chi connectivity index (χ0n) is 21.4. The van der Waals surface area contributed by atoms with Gasteiger partial charge < -0.3 is 20.6 Å². The summed E-state index contributed by atoms with van der Waals surface area (Å²) in [5.74, 6) is 1.37. The summed E-state index contributed by atoms with van der Waals surface area (Å²) in [6.07, 6.45) is 6.33. The Hall–Kier alpha value is -0.740. The molecule has 3 unspecified atom stereocenters. The molecule has 4 aliphatic rings. The first-order valence-corrected chi connectivity index (χ1v) is 15.1. The van der Waals surface area contributed by atoms with Gasteiger partial charge >= 0.3 is 0 Å². The maximum Gasteiger partial charge on any atom is 0.266 e. The Morgan fingerprint density at radius 3 is 2.49 bits per heavy atom. The summed E-state index contributed by atoms with van der Waals surface area (Å²) in [6.45, 7) is 6.68. The normalized spacial score (nSPS) is 46.3. The van der Waals surface area contributed by atoms with Crippen LogP contribution in [0, 0.1) is 40.4 Å². The van der Waals surface area contributed by atoms with Crippen LogP contribution in [0.1, 0.15) is 85.0 Å². The Morgan fingerprint density at radius 1 is 1.09 bits per heavy atom. The fraction of sp³-hybridized carbons (Fsp3) is 0.962. The molecule has 202 valence electrons. The van der Waals surface area contributed by atoms with Gasteiger partial charge in [0.25, 0.3) is 10.1 Å². The second-order valence-electron chi connectivity index (χ2n) is 12.7. The molecule has 0 bridgehead atoms. The van der Waals surface area contributed by atoms with Crippen molar-refractivity contribution in [3.05, 3.63) is 0 Å². The maximum absolute atomic E-state index is 12.2. The molecular weight excluding hydrogens is 470 g/mol. The lowest BCUT2D eigenvalue weighted by atomic mass is 9.42. The van der Waals surface area contributed by atoms with Gasteiger partial charge in [-0.05, 0) is 86.4 Å². The number of rotatable bonds is 7. The minimum atomic E-state index is -4.08. The van der Waals surface area contributed by atoms with Crippen LogP contribution in [0.25, 0.3) is 0 Å². The molecule has 0 aromatic heterocycles. The number of nitrogens with one attached hydrogen (secondary N) is 1. The SMILES string of the molecule is C[C@H](CCC(=O)NCCS(=O)(=O)O)[C@H]1CCC2C3C[C@@H](O)[C@@]4(O)C[C@@H](O)CC[C@]4(C)C3CC[C@@]21C. The zero-order chi connectivity index (χ0) is 25.8. The van der Waals surface area contributed by atoms with Gasteiger partial charge in [0.05, 0.1) is 23.6 Å². The molecule has 0 heterocycles. The molecule has 0 aromatic carbocycles. The number of hydrogen-bond acceptors (Lipinski definition) is 6. The molecule has 0 radical (unpaired) electrons. The van der Waals surface area contributed by atoms with Gasteiger partial charge in [0.15, 0.2) is 0 Å². The first kappa shape index (κ1) is 27.3. The number of fused-ring (bicyclic) bond motifs is 5. The number of aliphatic hydroxyl groups is 3. The van der Waals surface area contributed by atoms with Crippen LogP contribution in [0.2, 0.25) is 0 Å². The van der Waals surface area contributed by atoms with Gasteiger partial charge in [0.2, 0.25) is 5.91 Å². The first-order valence-electron chi connectivity index (χ1n) is 13.5. The van der Waals surface area contributed by atoms with Crippen molar-refractivity contribution in [2.45, 2.75) is 103 Å². The quantitative estimate of drug-likeness (QED) is 0.328. The minimum Gasteiger partial charge on any atom is -0.393 e. The lowest BCUT2D eigenvalue weighted by Gasteiger charge is -2.65. The summed E-state index contributed by atoms with van der Waals surface area (Å²) < 4.78 is 30.5. The lowest BCUT2D eigenvalue weighted by Crippen LogP contribution is -2.68. The second kappa shape index (κ2) is 9.53. The van der Waals surface area contributed by atoms with E-state index in [2.05, 4.69) is 26.1 Å². The van der Waals surface area contributed by atoms with Crippen molar-refractivity contribution in [2.75, 3.05) is 12.3 Å². The van der Waals surface area contributed by atoms with E-state index in [9.17, 15) is 28.5 Å². The lowest BCUT2D eigenvalue weighted by molar-refractivity contribution is -0.264. The van der Waals surface area contributed by atoms with Crippen LogP contribution < -0.4 is 5.32 Å². The van der Waals surface area contributed by atoms with E-state index in [1.807, 2.05) is 0 Å². The number of amides is 1. The molecule has 4 rings (SSSR count). The third-order valence-electron chi connectivity index (χ3n) is 11.1. The van der Waals surface area contributed by atoms with Crippen molar-refractivity contribution >= 4 is 16.0 Å². The van der Waals surface area contributed by atoms with Crippen LogP contribution in [-0.4, -0.2) is 64.3 Å². The van der Waals surface area contributed by atoms with Crippen molar-refractivity contribution in [1.82, 2.24) is 5.32 Å². The van der Waals surface area contributed by atoms with Crippen molar-refractivity contribution < 1.29 is 33.1 Å². The summed E-state index contributed by atoms with van der Waals surface area (Å²) in [5, 5.41) is 35.6. The van der Waals surface area contributed by atoms with Gasteiger partial charge in [-0.1, -0.05) is 20.8 Å². The first-order chi connectivity index (χ1) is 16.2. The predicted molar refractivity (Wildman–Crippen MR) is 132 cm³/mol. The Bertz CT molecular complexity index is 911. The highest BCUT2D eigenvalue weighted by molar-refractivity contribution is 7.85. The summed E-state index contributed by atoms with van der Waals surface area (Å²) in [4.78, 5) is 12.2. The van der Waals surface area contributed by atoms with Crippen LogP contribution in [0.4, 0.5) is 0 Å². The summed E-state index contributed by atoms with van der Waals surface area (Å²) >= 11 is 0. The van der Waals surface area contributed by atoms with Crippen molar-refractivity contribution in [2.24, 2.45) is 40.4 Å². The fourth-order valence-corrected chi connectivity index (χ4v) is 9.56. The van der Waals surface area contributed by atoms with Crippen LogP contribution >= 0.6 is 0 Å². The van der Waals surface area contributed by atoms with Crippen molar-refractivity contribution in [1.29, 1.82) is 0 Å². The summed E-state index contributed by atoms with van der Waals surface area (Å²) in [7, 11) is -4.08. The van der Waals surface area contributed by atoms with E-state index in [1.54, 1.807) is 0 Å². The molecule has 0 aromatic rings. The maximum atomic E-state index is 12.2. The molecule has 8 nitrogen and oxygen atoms in total. The molecule has 4 aliphatic carbocycles. The zero-order valence-corrected chi connectivity index (χ0v) is 22.3. The van der Waals surface area contributed by atoms with Crippen LogP contribution in [0.3, 0.4) is 0 Å². The summed E-state index contributed by atoms with van der Waals surface area (Å²) in [5.41, 5.74) is -1.45. The Morgan fingerprint density at radius 2 is 1.80 bits per heavy atom. The monoisotopic (exact) mass is 515 g/mol. The van der Waals surface area contributed by atoms with Gasteiger partial charge in [-0.15, -0.1) is 0 Å². The van der Waals surface area contributed by atoms with Crippen LogP contribution in [-0.2, 0) is 14.9 Å². The molecule has 4 saturated carbocycles. The number of aliphatic hydroxyl groups excluding tert-OH is 2. The molecule has 10 atom stereocenters. The smallest absolute Gasteiger partial charge is 0.266 e. The second-order valence-corrected chi connectivity index (χ2v) is 14.3. The number of carbonyl (C=O) groups is 1. The highest BCUT2D eigenvalue weighted by Gasteiger charge is 2.67. The van der Waals surface area contributed by atoms with E-state index in [-0.39, 0.29) is 29.7 Å². The van der Waals surface area contributed by atoms with Gasteiger partial charge in [-0.3, -0.25) is 9.35 Å². The summed E-state index contributed by atoms with van der Waals surface area (Å²) in [6, 6.07) is 0. The van der Waals surface area contributed by atoms with Crippen molar-refractivity contribution in [3.63, 3.8) is 0 Å². The minimum absolute atomic E-state index is 0.0806. The van der Waals surface area contributed by atoms with E-state index >= 15 is 0 Å². The molecule has 0 saturated heterocycles. The van der Waals surface area contributed by atoms with E-state index < -0.39 is 33.7 Å². The molecule has 4 fully saturated rings. The molecule has 1 amide bonds. The largest absolute Gasteiger partial charge is 0.393 e. The molecular formula is C26H45NO7S. The van der Waals surface area contributed by atoms with E-state index in [1.165, 1.54) is 0 Å². The molecule has 35 heavy (non-hydrogen) atoms. The van der Waals surface area contributed by atoms with Crippen molar-refractivity contribution in [3.8, 4) is 0 Å². The molecule has 9 heteroatoms. The molecule has 0 aliphatic heterocycles. The van der Waals surface area contributed by atoms with Gasteiger partial charge in [-0.2, -0.15) is 8.42 Å². The average molecular weight is 516 g/mol. The Balaban J connectivity index is 1.41. The van der Waals surface area contributed by atoms with Gasteiger partial charge in [-0.25, -0.2) is 0 Å². The van der Waals surface area contributed by atoms with E-state index in [4.69, 9.17) is 4.55 Å². The van der Waals surface area contributed by atoms with Gasteiger partial charge in [0, 0.05) is 24.8 Å². The fourth-order valence-electron chi connectivity index (χ4n) is 9.20. The topological polar surface area (TPSA) is 144 Å². The third kappa shape index (κ3) is 4.80. The highest BCUT2D eigenvalue weighted by atomic mass is 32.2. The molecule has 0 spiro atoms. The third-order valence-corrected chi connectivity index (χ3v) is 11.8. The Kier molecular flexibility index (Phi) is 7.43. The number of carbonyl (C=O) groups excluding carboxylic acids is 1. The molecule has 5 N–H and O–H groups in total. The average Bonchev–Trinajstić information content (AvgIpc) is 3.11. The predicted octanol–water partition coefficient (Wildman–Crippen LogP) is 2.51. The van der Waals surface area contributed by atoms with E-state index in [0.29, 0.717) is 48.9 Å². The standard InChI is InChI=1S/C26H45NO7S/c1-16(4-7-23(30)27-12-13-35(32,33)34)19-5-6-20-18-14-22(29)26(31)15-17(28)8-11-25(26,3)21(18)9-10-24(19,20)2/h16-22,28-29,31H,4-15H2,1-3H3,(H,27,30)(H,32,33,34)/t16-,17+,18?,19-,20?,21?,22-,24-,25-,26+/m1/s1. The van der Waals surface area contributed by atoms with Crippen LogP contribution in [0.15, 0.2) is 0 Å². The van der Waals surface area contributed by atoms with E-state index in [0.717, 1.165) is 38.5 Å². The van der Waals surface area contributed by atoms with Gasteiger partial charge in [0.1, 0.15) is 0 Å². The van der Waals surface area contributed by atoms with Crippen LogP contribution in [0.5, 0.6) is 0 Å².